The highest BCUT2D eigenvalue weighted by atomic mass is 16.4. The lowest BCUT2D eigenvalue weighted by molar-refractivity contribution is -0.139. The molecule has 28 heavy (non-hydrogen) atoms. The number of fused-ring (bicyclic) bond motifs is 1. The average molecular weight is 381 g/mol. The zero-order valence-corrected chi connectivity index (χ0v) is 14.5. The number of urea groups is 1. The van der Waals surface area contributed by atoms with Gasteiger partial charge in [0.25, 0.3) is 0 Å². The van der Waals surface area contributed by atoms with Crippen molar-refractivity contribution in [1.29, 1.82) is 0 Å². The highest BCUT2D eigenvalue weighted by Gasteiger charge is 2.39. The first-order valence-electron chi connectivity index (χ1n) is 8.48. The molecule has 1 aliphatic rings. The van der Waals surface area contributed by atoms with Gasteiger partial charge >= 0.3 is 11.7 Å². The van der Waals surface area contributed by atoms with E-state index < -0.39 is 29.4 Å². The number of nitrogens with one attached hydrogen (secondary N) is 2. The minimum Gasteiger partial charge on any atom is -0.467 e. The Hall–Kier alpha value is -3.88. The molecule has 9 nitrogen and oxygen atoms in total. The lowest BCUT2D eigenvalue weighted by atomic mass is 10.0. The number of benzene rings is 1. The van der Waals surface area contributed by atoms with E-state index in [0.717, 1.165) is 4.90 Å². The first-order valence-corrected chi connectivity index (χ1v) is 8.48. The molecule has 4 amide bonds. The number of furan rings is 1. The van der Waals surface area contributed by atoms with Crippen molar-refractivity contribution in [3.63, 3.8) is 0 Å². The smallest absolute Gasteiger partial charge is 0.360 e. The Bertz CT molecular complexity index is 1120. The van der Waals surface area contributed by atoms with Crippen molar-refractivity contribution < 1.29 is 23.2 Å². The molecule has 3 heterocycles. The number of carbonyl (C=O) groups is 3. The van der Waals surface area contributed by atoms with Gasteiger partial charge in [-0.25, -0.2) is 9.59 Å². The maximum absolute atomic E-state index is 12.7. The summed E-state index contributed by atoms with van der Waals surface area (Å²) in [7, 11) is 0. The molecular formula is C19H15N3O6. The van der Waals surface area contributed by atoms with Gasteiger partial charge in [0, 0.05) is 11.9 Å². The Labute approximate surface area is 157 Å². The van der Waals surface area contributed by atoms with Gasteiger partial charge in [-0.3, -0.25) is 14.5 Å². The van der Waals surface area contributed by atoms with Gasteiger partial charge in [0.2, 0.25) is 11.8 Å². The third kappa shape index (κ3) is 3.25. The quantitative estimate of drug-likeness (QED) is 0.524. The third-order valence-electron chi connectivity index (χ3n) is 4.38. The summed E-state index contributed by atoms with van der Waals surface area (Å²) in [6.07, 6.45) is 1.42. The lowest BCUT2D eigenvalue weighted by Gasteiger charge is -2.30. The monoisotopic (exact) mass is 381 g/mol. The third-order valence-corrected chi connectivity index (χ3v) is 4.38. The molecule has 0 radical (unpaired) electrons. The van der Waals surface area contributed by atoms with E-state index in [0.29, 0.717) is 16.7 Å². The van der Waals surface area contributed by atoms with Crippen molar-refractivity contribution in [3.8, 4) is 0 Å². The van der Waals surface area contributed by atoms with Gasteiger partial charge in [-0.2, -0.15) is 0 Å². The summed E-state index contributed by atoms with van der Waals surface area (Å²) in [5.74, 6) is -2.17. The van der Waals surface area contributed by atoms with Crippen molar-refractivity contribution >= 4 is 34.5 Å². The fraction of sp³-hybridized carbons (Fsp3) is 0.158. The maximum Gasteiger partial charge on any atom is 0.360 e. The van der Waals surface area contributed by atoms with Gasteiger partial charge < -0.3 is 19.5 Å². The van der Waals surface area contributed by atoms with Gasteiger partial charge in [-0.1, -0.05) is 18.2 Å². The first-order chi connectivity index (χ1) is 13.5. The van der Waals surface area contributed by atoms with E-state index in [1.165, 1.54) is 12.3 Å². The summed E-state index contributed by atoms with van der Waals surface area (Å²) >= 11 is 0. The van der Waals surface area contributed by atoms with Crippen LogP contribution in [0.25, 0.3) is 11.0 Å². The van der Waals surface area contributed by atoms with Gasteiger partial charge in [-0.05, 0) is 24.3 Å². The van der Waals surface area contributed by atoms with Crippen LogP contribution in [0.4, 0.5) is 10.5 Å². The average Bonchev–Trinajstić information content (AvgIpc) is 3.19. The van der Waals surface area contributed by atoms with E-state index in [-0.39, 0.29) is 18.8 Å². The van der Waals surface area contributed by atoms with E-state index in [1.807, 2.05) is 0 Å². The summed E-state index contributed by atoms with van der Waals surface area (Å²) in [6.45, 7) is -0.267. The summed E-state index contributed by atoms with van der Waals surface area (Å²) in [5.41, 5.74) is -0.422. The standard InChI is InChI=1S/C19H15N3O6/c23-16(21-14-8-11-4-1-2-6-15(11)28-18(14)25)13-9-20-19(26)22(17(13)24)10-12-5-3-7-27-12/h1-8,13H,9-10H2,(H,20,26)(H,21,23). The topological polar surface area (TPSA) is 122 Å². The number of carbonyl (C=O) groups excluding carboxylic acids is 3. The maximum atomic E-state index is 12.7. The van der Waals surface area contributed by atoms with Crippen LogP contribution in [0.15, 0.2) is 62.4 Å². The minimum atomic E-state index is -1.18. The van der Waals surface area contributed by atoms with Crippen LogP contribution in [-0.4, -0.2) is 29.3 Å². The predicted octanol–water partition coefficient (Wildman–Crippen LogP) is 1.69. The second-order valence-corrected chi connectivity index (χ2v) is 6.22. The highest BCUT2D eigenvalue weighted by molar-refractivity contribution is 6.12. The van der Waals surface area contributed by atoms with Crippen LogP contribution in [0.2, 0.25) is 0 Å². The molecule has 0 saturated carbocycles. The molecule has 0 aliphatic carbocycles. The van der Waals surface area contributed by atoms with Crippen LogP contribution in [0, 0.1) is 5.92 Å². The molecule has 0 bridgehead atoms. The normalized spacial score (nSPS) is 16.9. The number of hydrogen-bond donors (Lipinski definition) is 2. The summed E-state index contributed by atoms with van der Waals surface area (Å²) in [6, 6.07) is 11.0. The Morgan fingerprint density at radius 3 is 2.79 bits per heavy atom. The Kier molecular flexibility index (Phi) is 4.40. The molecule has 1 atom stereocenters. The van der Waals surface area contributed by atoms with Gasteiger partial charge in [0.05, 0.1) is 12.8 Å². The van der Waals surface area contributed by atoms with Crippen molar-refractivity contribution in [2.24, 2.45) is 5.92 Å². The molecule has 2 aromatic heterocycles. The highest BCUT2D eigenvalue weighted by Crippen LogP contribution is 2.18. The molecule has 142 valence electrons. The molecule has 1 aromatic carbocycles. The molecule has 9 heteroatoms. The van der Waals surface area contributed by atoms with Gasteiger partial charge in [0.15, 0.2) is 0 Å². The van der Waals surface area contributed by atoms with Gasteiger partial charge in [0.1, 0.15) is 22.9 Å². The van der Waals surface area contributed by atoms with Crippen LogP contribution in [0.1, 0.15) is 5.76 Å². The molecule has 4 rings (SSSR count). The fourth-order valence-corrected chi connectivity index (χ4v) is 2.94. The van der Waals surface area contributed by atoms with E-state index >= 15 is 0 Å². The molecule has 1 aliphatic heterocycles. The lowest BCUT2D eigenvalue weighted by Crippen LogP contribution is -2.57. The van der Waals surface area contributed by atoms with E-state index in [1.54, 1.807) is 36.4 Å². The van der Waals surface area contributed by atoms with Gasteiger partial charge in [-0.15, -0.1) is 0 Å². The number of anilines is 1. The second kappa shape index (κ2) is 7.03. The van der Waals surface area contributed by atoms with Crippen LogP contribution >= 0.6 is 0 Å². The second-order valence-electron chi connectivity index (χ2n) is 6.22. The predicted molar refractivity (Wildman–Crippen MR) is 97.3 cm³/mol. The SMILES string of the molecule is O=C(Nc1cc2ccccc2oc1=O)C1CNC(=O)N(Cc2ccco2)C1=O. The molecule has 0 spiro atoms. The molecule has 1 saturated heterocycles. The van der Waals surface area contributed by atoms with E-state index in [2.05, 4.69) is 10.6 Å². The van der Waals surface area contributed by atoms with Crippen molar-refractivity contribution in [3.05, 3.63) is 64.9 Å². The number of amides is 4. The zero-order valence-electron chi connectivity index (χ0n) is 14.5. The largest absolute Gasteiger partial charge is 0.467 e. The minimum absolute atomic E-state index is 0.0778. The molecule has 3 aromatic rings. The molecule has 1 fully saturated rings. The summed E-state index contributed by atoms with van der Waals surface area (Å²) in [4.78, 5) is 50.3. The Morgan fingerprint density at radius 1 is 1.18 bits per heavy atom. The van der Waals surface area contributed by atoms with Crippen LogP contribution in [0.3, 0.4) is 0 Å². The molecule has 2 N–H and O–H groups in total. The fourth-order valence-electron chi connectivity index (χ4n) is 2.94. The van der Waals surface area contributed by atoms with Crippen LogP contribution < -0.4 is 16.3 Å². The number of rotatable bonds is 4. The summed E-state index contributed by atoms with van der Waals surface area (Å²) in [5, 5.41) is 5.55. The van der Waals surface area contributed by atoms with Crippen molar-refractivity contribution in [2.45, 2.75) is 6.54 Å². The number of hydrogen-bond acceptors (Lipinski definition) is 6. The number of para-hydroxylation sites is 1. The van der Waals surface area contributed by atoms with Crippen LogP contribution in [0.5, 0.6) is 0 Å². The molecule has 1 unspecified atom stereocenters. The first kappa shape index (κ1) is 17.5. The van der Waals surface area contributed by atoms with Crippen LogP contribution in [-0.2, 0) is 16.1 Å². The Balaban J connectivity index is 1.54. The number of imide groups is 1. The van der Waals surface area contributed by atoms with E-state index in [4.69, 9.17) is 8.83 Å². The number of nitrogens with zero attached hydrogens (tertiary/aromatic N) is 1. The van der Waals surface area contributed by atoms with Crippen molar-refractivity contribution in [1.82, 2.24) is 10.2 Å². The summed E-state index contributed by atoms with van der Waals surface area (Å²) < 4.78 is 10.3. The zero-order chi connectivity index (χ0) is 19.7. The Morgan fingerprint density at radius 2 is 2.00 bits per heavy atom. The molecular weight excluding hydrogens is 366 g/mol. The van der Waals surface area contributed by atoms with E-state index in [9.17, 15) is 19.2 Å². The van der Waals surface area contributed by atoms with Crippen molar-refractivity contribution in [2.75, 3.05) is 11.9 Å².